The fourth-order valence-electron chi connectivity index (χ4n) is 3.35. The van der Waals surface area contributed by atoms with Crippen molar-refractivity contribution in [1.82, 2.24) is 9.88 Å². The van der Waals surface area contributed by atoms with Crippen molar-refractivity contribution in [3.8, 4) is 17.4 Å². The van der Waals surface area contributed by atoms with E-state index >= 15 is 0 Å². The molecule has 28 heavy (non-hydrogen) atoms. The number of oxazole rings is 1. The second-order valence-electron chi connectivity index (χ2n) is 6.89. The molecule has 1 aliphatic heterocycles. The number of ether oxygens (including phenoxy) is 1. The summed E-state index contributed by atoms with van der Waals surface area (Å²) in [6.07, 6.45) is 0. The maximum atomic E-state index is 12.7. The Balaban J connectivity index is 1.44. The van der Waals surface area contributed by atoms with E-state index in [1.54, 1.807) is 12.0 Å². The largest absolute Gasteiger partial charge is 0.497 e. The van der Waals surface area contributed by atoms with E-state index in [-0.39, 0.29) is 5.91 Å². The van der Waals surface area contributed by atoms with Crippen molar-refractivity contribution in [2.45, 2.75) is 20.4 Å². The van der Waals surface area contributed by atoms with Crippen LogP contribution in [0, 0.1) is 13.8 Å². The molecule has 0 saturated carbocycles. The molecule has 3 heterocycles. The molecule has 0 aliphatic carbocycles. The number of aryl methyl sites for hydroxylation is 2. The van der Waals surface area contributed by atoms with Crippen LogP contribution in [0.1, 0.15) is 17.2 Å². The molecule has 1 aliphatic rings. The molecular weight excluding hydrogens is 358 g/mol. The van der Waals surface area contributed by atoms with Crippen molar-refractivity contribution >= 4 is 11.6 Å². The minimum absolute atomic E-state index is 0.0579. The molecule has 7 heteroatoms. The van der Waals surface area contributed by atoms with Gasteiger partial charge < -0.3 is 18.5 Å². The first-order valence-electron chi connectivity index (χ1n) is 9.23. The van der Waals surface area contributed by atoms with E-state index in [9.17, 15) is 4.79 Å². The van der Waals surface area contributed by atoms with Crippen LogP contribution >= 0.6 is 0 Å². The third-order valence-electron chi connectivity index (χ3n) is 4.88. The summed E-state index contributed by atoms with van der Waals surface area (Å²) in [4.78, 5) is 21.1. The molecule has 0 unspecified atom stereocenters. The van der Waals surface area contributed by atoms with Crippen molar-refractivity contribution in [2.24, 2.45) is 0 Å². The van der Waals surface area contributed by atoms with Gasteiger partial charge in [-0.25, -0.2) is 4.98 Å². The van der Waals surface area contributed by atoms with E-state index in [4.69, 9.17) is 13.6 Å². The average molecular weight is 381 g/mol. The molecule has 1 amide bonds. The van der Waals surface area contributed by atoms with Gasteiger partial charge in [0, 0.05) is 31.4 Å². The standard InChI is InChI=1S/C21H23N3O4/c1-14-7-8-19(27-14)21-22-18(15(2)28-21)12-23-9-10-24(20(25)13-23)16-5-4-6-17(11-16)26-3/h4-8,11H,9-10,12-13H2,1-3H3. The lowest BCUT2D eigenvalue weighted by atomic mass is 10.2. The van der Waals surface area contributed by atoms with Gasteiger partial charge in [-0.2, -0.15) is 0 Å². The quantitative estimate of drug-likeness (QED) is 0.674. The zero-order chi connectivity index (χ0) is 19.7. The lowest BCUT2D eigenvalue weighted by molar-refractivity contribution is -0.121. The van der Waals surface area contributed by atoms with Crippen LogP contribution in [0.4, 0.5) is 5.69 Å². The number of aromatic nitrogens is 1. The van der Waals surface area contributed by atoms with Gasteiger partial charge in [0.1, 0.15) is 17.3 Å². The second kappa shape index (κ2) is 7.52. The van der Waals surface area contributed by atoms with Crippen molar-refractivity contribution < 1.29 is 18.4 Å². The number of rotatable bonds is 5. The fraction of sp³-hybridized carbons (Fsp3) is 0.333. The van der Waals surface area contributed by atoms with Crippen LogP contribution in [-0.2, 0) is 11.3 Å². The number of hydrogen-bond acceptors (Lipinski definition) is 6. The highest BCUT2D eigenvalue weighted by Gasteiger charge is 2.27. The number of carbonyl (C=O) groups is 1. The Kier molecular flexibility index (Phi) is 4.92. The van der Waals surface area contributed by atoms with E-state index in [0.29, 0.717) is 31.3 Å². The van der Waals surface area contributed by atoms with Crippen LogP contribution in [0.3, 0.4) is 0 Å². The highest BCUT2D eigenvalue weighted by atomic mass is 16.5. The second-order valence-corrected chi connectivity index (χ2v) is 6.89. The number of methoxy groups -OCH3 is 1. The van der Waals surface area contributed by atoms with Crippen molar-refractivity contribution in [2.75, 3.05) is 31.6 Å². The number of piperazine rings is 1. The molecule has 0 radical (unpaired) electrons. The molecule has 0 bridgehead atoms. The number of hydrogen-bond donors (Lipinski definition) is 0. The van der Waals surface area contributed by atoms with Crippen LogP contribution in [0.25, 0.3) is 11.7 Å². The molecule has 3 aromatic rings. The summed E-state index contributed by atoms with van der Waals surface area (Å²) < 4.78 is 16.6. The third kappa shape index (κ3) is 3.66. The van der Waals surface area contributed by atoms with Gasteiger partial charge in [-0.05, 0) is 38.1 Å². The molecule has 4 rings (SSSR count). The number of carbonyl (C=O) groups excluding carboxylic acids is 1. The number of benzene rings is 1. The Hall–Kier alpha value is -3.06. The molecule has 1 saturated heterocycles. The Labute approximate surface area is 163 Å². The minimum atomic E-state index is 0.0579. The maximum absolute atomic E-state index is 12.7. The lowest BCUT2D eigenvalue weighted by Gasteiger charge is -2.34. The molecule has 0 spiro atoms. The Morgan fingerprint density at radius 3 is 2.71 bits per heavy atom. The van der Waals surface area contributed by atoms with Gasteiger partial charge in [-0.15, -0.1) is 0 Å². The fourth-order valence-corrected chi connectivity index (χ4v) is 3.35. The molecule has 146 valence electrons. The summed E-state index contributed by atoms with van der Waals surface area (Å²) in [7, 11) is 1.62. The van der Waals surface area contributed by atoms with Gasteiger partial charge >= 0.3 is 0 Å². The molecule has 1 fully saturated rings. The summed E-state index contributed by atoms with van der Waals surface area (Å²) in [5, 5.41) is 0. The first-order chi connectivity index (χ1) is 13.5. The van der Waals surface area contributed by atoms with Crippen molar-refractivity contribution in [3.05, 3.63) is 53.6 Å². The van der Waals surface area contributed by atoms with Gasteiger partial charge in [0.25, 0.3) is 5.89 Å². The summed E-state index contributed by atoms with van der Waals surface area (Å²) in [5.74, 6) is 3.44. The van der Waals surface area contributed by atoms with E-state index in [2.05, 4.69) is 9.88 Å². The predicted octanol–water partition coefficient (Wildman–Crippen LogP) is 3.41. The summed E-state index contributed by atoms with van der Waals surface area (Å²) in [6.45, 7) is 6.03. The Bertz CT molecular complexity index is 991. The number of amides is 1. The van der Waals surface area contributed by atoms with Crippen LogP contribution in [-0.4, -0.2) is 42.5 Å². The van der Waals surface area contributed by atoms with Gasteiger partial charge in [-0.1, -0.05) is 6.07 Å². The molecular formula is C21H23N3O4. The average Bonchev–Trinajstić information content (AvgIpc) is 3.28. The van der Waals surface area contributed by atoms with Gasteiger partial charge in [0.05, 0.1) is 19.3 Å². The number of nitrogens with zero attached hydrogens (tertiary/aromatic N) is 3. The number of anilines is 1. The minimum Gasteiger partial charge on any atom is -0.497 e. The zero-order valence-corrected chi connectivity index (χ0v) is 16.3. The third-order valence-corrected chi connectivity index (χ3v) is 4.88. The normalized spacial score (nSPS) is 15.2. The predicted molar refractivity (Wildman–Crippen MR) is 104 cm³/mol. The molecule has 1 aromatic carbocycles. The topological polar surface area (TPSA) is 72.0 Å². The molecule has 0 atom stereocenters. The van der Waals surface area contributed by atoms with Gasteiger partial charge in [0.15, 0.2) is 5.76 Å². The van der Waals surface area contributed by atoms with E-state index in [1.807, 2.05) is 50.2 Å². The highest BCUT2D eigenvalue weighted by Crippen LogP contribution is 2.26. The zero-order valence-electron chi connectivity index (χ0n) is 16.3. The van der Waals surface area contributed by atoms with Crippen LogP contribution < -0.4 is 9.64 Å². The summed E-state index contributed by atoms with van der Waals surface area (Å²) in [6, 6.07) is 11.3. The van der Waals surface area contributed by atoms with Crippen LogP contribution in [0.5, 0.6) is 5.75 Å². The van der Waals surface area contributed by atoms with Crippen molar-refractivity contribution in [1.29, 1.82) is 0 Å². The van der Waals surface area contributed by atoms with Crippen LogP contribution in [0.15, 0.2) is 45.2 Å². The molecule has 7 nitrogen and oxygen atoms in total. The van der Waals surface area contributed by atoms with Crippen molar-refractivity contribution in [3.63, 3.8) is 0 Å². The first kappa shape index (κ1) is 18.3. The summed E-state index contributed by atoms with van der Waals surface area (Å²) in [5.41, 5.74) is 1.68. The smallest absolute Gasteiger partial charge is 0.263 e. The van der Waals surface area contributed by atoms with E-state index < -0.39 is 0 Å². The van der Waals surface area contributed by atoms with Gasteiger partial charge in [0.2, 0.25) is 5.91 Å². The molecule has 0 N–H and O–H groups in total. The monoisotopic (exact) mass is 381 g/mol. The number of furan rings is 1. The highest BCUT2D eigenvalue weighted by molar-refractivity contribution is 5.95. The van der Waals surface area contributed by atoms with Crippen LogP contribution in [0.2, 0.25) is 0 Å². The Morgan fingerprint density at radius 2 is 2.00 bits per heavy atom. The summed E-state index contributed by atoms with van der Waals surface area (Å²) >= 11 is 0. The first-order valence-corrected chi connectivity index (χ1v) is 9.23. The SMILES string of the molecule is COc1cccc(N2CCN(Cc3nc(-c4ccc(C)o4)oc3C)CC2=O)c1. The lowest BCUT2D eigenvalue weighted by Crippen LogP contribution is -2.50. The van der Waals surface area contributed by atoms with Gasteiger partial charge in [-0.3, -0.25) is 9.69 Å². The maximum Gasteiger partial charge on any atom is 0.263 e. The molecule has 2 aromatic heterocycles. The Morgan fingerprint density at radius 1 is 1.14 bits per heavy atom. The van der Waals surface area contributed by atoms with E-state index in [1.165, 1.54) is 0 Å². The van der Waals surface area contributed by atoms with E-state index in [0.717, 1.165) is 35.2 Å².